The molecule has 0 saturated carbocycles. The number of fused-ring (bicyclic) bond motifs is 1. The number of thiol groups is 1. The Kier molecular flexibility index (Phi) is 5.41. The van der Waals surface area contributed by atoms with Crippen molar-refractivity contribution in [2.75, 3.05) is 16.8 Å². The van der Waals surface area contributed by atoms with Crippen molar-refractivity contribution in [2.45, 2.75) is 24.0 Å². The molecule has 1 aliphatic heterocycles. The van der Waals surface area contributed by atoms with Crippen LogP contribution in [0.15, 0.2) is 52.4 Å². The van der Waals surface area contributed by atoms with E-state index in [1.54, 1.807) is 30.0 Å². The van der Waals surface area contributed by atoms with Gasteiger partial charge in [-0.1, -0.05) is 23.9 Å². The van der Waals surface area contributed by atoms with Crippen LogP contribution >= 0.6 is 24.6 Å². The number of nitrogens with one attached hydrogen (secondary N) is 1. The van der Waals surface area contributed by atoms with Crippen LogP contribution in [0.25, 0.3) is 10.9 Å². The standard InChI is InChI=1S/C20H22N4O2S3/c1-12-4-3-5-16(7-12)29(25,26)24(27)18-8-13(2)6-14-9-17(23-19(14)18)20-22-11-15(10-21)28-20/h3-9,15,23,27H,10-11,21H2,1-2H3. The van der Waals surface area contributed by atoms with Crippen molar-refractivity contribution in [3.63, 3.8) is 0 Å². The van der Waals surface area contributed by atoms with Gasteiger partial charge in [-0.25, -0.2) is 12.1 Å². The maximum atomic E-state index is 13.2. The van der Waals surface area contributed by atoms with Crippen LogP contribution in [0.1, 0.15) is 16.8 Å². The summed E-state index contributed by atoms with van der Waals surface area (Å²) in [5.74, 6) is 0. The maximum absolute atomic E-state index is 13.2. The lowest BCUT2D eigenvalue weighted by molar-refractivity contribution is 0.598. The predicted molar refractivity (Wildman–Crippen MR) is 125 cm³/mol. The van der Waals surface area contributed by atoms with E-state index >= 15 is 0 Å². The molecule has 2 heterocycles. The molecule has 0 aliphatic carbocycles. The van der Waals surface area contributed by atoms with Crippen LogP contribution in [0, 0.1) is 13.8 Å². The van der Waals surface area contributed by atoms with Gasteiger partial charge >= 0.3 is 0 Å². The number of H-pyrrole nitrogens is 1. The van der Waals surface area contributed by atoms with Crippen molar-refractivity contribution < 1.29 is 8.42 Å². The van der Waals surface area contributed by atoms with E-state index in [1.165, 1.54) is 0 Å². The fraction of sp³-hybridized carbons (Fsp3) is 0.250. The molecule has 2 aromatic carbocycles. The third-order valence-corrected chi connectivity index (χ3v) is 8.39. The highest BCUT2D eigenvalue weighted by molar-refractivity contribution is 8.15. The predicted octanol–water partition coefficient (Wildman–Crippen LogP) is 3.65. The van der Waals surface area contributed by atoms with Crippen LogP contribution in [-0.2, 0) is 10.0 Å². The molecular formula is C20H22N4O2S3. The first-order chi connectivity index (χ1) is 13.8. The summed E-state index contributed by atoms with van der Waals surface area (Å²) in [6, 6.07) is 12.6. The van der Waals surface area contributed by atoms with Gasteiger partial charge in [0.15, 0.2) is 0 Å². The van der Waals surface area contributed by atoms with E-state index in [0.29, 0.717) is 24.3 Å². The van der Waals surface area contributed by atoms with Crippen LogP contribution in [0.4, 0.5) is 5.69 Å². The Morgan fingerprint density at radius 3 is 2.72 bits per heavy atom. The first kappa shape index (κ1) is 20.3. The Balaban J connectivity index is 1.79. The molecule has 0 spiro atoms. The molecular weight excluding hydrogens is 424 g/mol. The minimum atomic E-state index is -3.82. The Morgan fingerprint density at radius 2 is 2.03 bits per heavy atom. The van der Waals surface area contributed by atoms with Crippen LogP contribution in [-0.4, -0.2) is 36.8 Å². The van der Waals surface area contributed by atoms with Crippen molar-refractivity contribution in [3.8, 4) is 0 Å². The zero-order valence-electron chi connectivity index (χ0n) is 16.1. The summed E-state index contributed by atoms with van der Waals surface area (Å²) in [5, 5.41) is 2.08. The van der Waals surface area contributed by atoms with Crippen molar-refractivity contribution in [1.82, 2.24) is 4.98 Å². The molecule has 1 aliphatic rings. The Hall–Kier alpha value is -1.94. The van der Waals surface area contributed by atoms with Crippen molar-refractivity contribution in [1.29, 1.82) is 0 Å². The molecule has 1 aromatic heterocycles. The molecule has 4 rings (SSSR count). The van der Waals surface area contributed by atoms with E-state index in [2.05, 4.69) is 22.8 Å². The number of aromatic nitrogens is 1. The Labute approximate surface area is 180 Å². The number of aromatic amines is 1. The number of benzene rings is 2. The molecule has 0 amide bonds. The zero-order chi connectivity index (χ0) is 20.8. The molecule has 9 heteroatoms. The van der Waals surface area contributed by atoms with E-state index in [1.807, 2.05) is 38.1 Å². The lowest BCUT2D eigenvalue weighted by atomic mass is 10.1. The number of nitrogens with zero attached hydrogens (tertiary/aromatic N) is 2. The van der Waals surface area contributed by atoms with Crippen molar-refractivity contribution in [2.24, 2.45) is 10.7 Å². The van der Waals surface area contributed by atoms with Gasteiger partial charge in [-0.15, -0.1) is 0 Å². The van der Waals surface area contributed by atoms with Crippen LogP contribution in [0.3, 0.4) is 0 Å². The molecule has 29 heavy (non-hydrogen) atoms. The fourth-order valence-corrected chi connectivity index (χ4v) is 5.91. The molecule has 152 valence electrons. The monoisotopic (exact) mass is 446 g/mol. The highest BCUT2D eigenvalue weighted by Gasteiger charge is 2.26. The number of aryl methyl sites for hydroxylation is 2. The second-order valence-corrected chi connectivity index (χ2v) is 10.9. The summed E-state index contributed by atoms with van der Waals surface area (Å²) < 4.78 is 27.4. The molecule has 0 radical (unpaired) electrons. The van der Waals surface area contributed by atoms with Crippen LogP contribution in [0.2, 0.25) is 0 Å². The van der Waals surface area contributed by atoms with Gasteiger partial charge in [-0.3, -0.25) is 4.99 Å². The molecule has 3 aromatic rings. The summed E-state index contributed by atoms with van der Waals surface area (Å²) in [4.78, 5) is 8.12. The lowest BCUT2D eigenvalue weighted by Gasteiger charge is -2.19. The highest BCUT2D eigenvalue weighted by atomic mass is 32.3. The number of thioether (sulfide) groups is 1. The largest absolute Gasteiger partial charge is 0.351 e. The third kappa shape index (κ3) is 3.79. The Morgan fingerprint density at radius 1 is 1.24 bits per heavy atom. The molecule has 1 atom stereocenters. The van der Waals surface area contributed by atoms with Gasteiger partial charge in [0, 0.05) is 17.2 Å². The smallest absolute Gasteiger partial charge is 0.273 e. The first-order valence-electron chi connectivity index (χ1n) is 9.15. The van der Waals surface area contributed by atoms with Crippen molar-refractivity contribution in [3.05, 3.63) is 59.3 Å². The average molecular weight is 447 g/mol. The minimum absolute atomic E-state index is 0.204. The van der Waals surface area contributed by atoms with E-state index in [4.69, 9.17) is 5.73 Å². The Bertz CT molecular complexity index is 1220. The summed E-state index contributed by atoms with van der Waals surface area (Å²) in [6.07, 6.45) is 0. The number of sulfonamides is 1. The number of anilines is 1. The fourth-order valence-electron chi connectivity index (χ4n) is 3.33. The second kappa shape index (κ2) is 7.71. The summed E-state index contributed by atoms with van der Waals surface area (Å²) >= 11 is 6.04. The molecule has 1 unspecified atom stereocenters. The SMILES string of the molecule is Cc1cccc(S(=O)(=O)N(S)c2cc(C)cc3cc(C4=NCC(CN)S4)[nH]c23)c1. The summed E-state index contributed by atoms with van der Waals surface area (Å²) in [5.41, 5.74) is 9.62. The van der Waals surface area contributed by atoms with Gasteiger partial charge in [0.1, 0.15) is 5.04 Å². The highest BCUT2D eigenvalue weighted by Crippen LogP contribution is 2.35. The van der Waals surface area contributed by atoms with Gasteiger partial charge in [0.05, 0.1) is 28.3 Å². The summed E-state index contributed by atoms with van der Waals surface area (Å²) in [6.45, 7) is 5.06. The molecule has 6 nitrogen and oxygen atoms in total. The molecule has 0 bridgehead atoms. The average Bonchev–Trinajstić information content (AvgIpc) is 3.33. The minimum Gasteiger partial charge on any atom is -0.351 e. The summed E-state index contributed by atoms with van der Waals surface area (Å²) in [7, 11) is -3.82. The quantitative estimate of drug-likeness (QED) is 0.522. The number of nitrogens with two attached hydrogens (primary N) is 1. The topological polar surface area (TPSA) is 91.6 Å². The lowest BCUT2D eigenvalue weighted by Crippen LogP contribution is -2.22. The van der Waals surface area contributed by atoms with Crippen LogP contribution < -0.4 is 9.44 Å². The van der Waals surface area contributed by atoms with E-state index in [-0.39, 0.29) is 10.1 Å². The van der Waals surface area contributed by atoms with E-state index in [0.717, 1.165) is 31.0 Å². The van der Waals surface area contributed by atoms with E-state index < -0.39 is 10.0 Å². The van der Waals surface area contributed by atoms with Gasteiger partial charge in [0.2, 0.25) is 0 Å². The van der Waals surface area contributed by atoms with Gasteiger partial charge < -0.3 is 10.7 Å². The van der Waals surface area contributed by atoms with Gasteiger partial charge in [0.25, 0.3) is 10.0 Å². The normalized spacial score (nSPS) is 17.0. The first-order valence-corrected chi connectivity index (χ1v) is 11.9. The number of hydrogen-bond acceptors (Lipinski definition) is 6. The van der Waals surface area contributed by atoms with Gasteiger partial charge in [-0.05, 0) is 68.1 Å². The van der Waals surface area contributed by atoms with Crippen molar-refractivity contribution >= 4 is 56.2 Å². The number of rotatable bonds is 5. The second-order valence-electron chi connectivity index (χ2n) is 7.12. The maximum Gasteiger partial charge on any atom is 0.273 e. The van der Waals surface area contributed by atoms with E-state index in [9.17, 15) is 8.42 Å². The molecule has 3 N–H and O–H groups in total. The zero-order valence-corrected chi connectivity index (χ0v) is 18.6. The van der Waals surface area contributed by atoms with Gasteiger partial charge in [-0.2, -0.15) is 0 Å². The van der Waals surface area contributed by atoms with Crippen LogP contribution in [0.5, 0.6) is 0 Å². The molecule has 0 fully saturated rings. The number of hydrogen-bond donors (Lipinski definition) is 3. The molecule has 0 saturated heterocycles. The number of aliphatic imine (C=N–C) groups is 1. The third-order valence-electron chi connectivity index (χ3n) is 4.78.